The molecule has 11 heavy (non-hydrogen) atoms. The van der Waals surface area contributed by atoms with Crippen LogP contribution in [0.15, 0.2) is 0 Å². The van der Waals surface area contributed by atoms with Crippen LogP contribution >= 0.6 is 0 Å². The molecule has 1 aliphatic rings. The van der Waals surface area contributed by atoms with Gasteiger partial charge in [0.25, 0.3) is 0 Å². The van der Waals surface area contributed by atoms with Crippen LogP contribution in [0.25, 0.3) is 0 Å². The van der Waals surface area contributed by atoms with Crippen molar-refractivity contribution in [3.05, 3.63) is 0 Å². The maximum Gasteiger partial charge on any atom is 0.110 e. The average Bonchev–Trinajstić information content (AvgIpc) is 2.01. The Labute approximate surface area is 64.4 Å². The molecule has 5 N–H and O–H groups in total. The molecular weight excluding hydrogens is 150 g/mol. The molecule has 1 fully saturated rings. The maximum atomic E-state index is 9.19. The predicted octanol–water partition coefficient (Wildman–Crippen LogP) is -2.57. The number of aliphatic hydroxyl groups is 3. The van der Waals surface area contributed by atoms with Crippen molar-refractivity contribution in [1.82, 2.24) is 0 Å². The summed E-state index contributed by atoms with van der Waals surface area (Å²) in [5.41, 5.74) is 5.37. The van der Waals surface area contributed by atoms with E-state index in [0.29, 0.717) is 0 Å². The van der Waals surface area contributed by atoms with E-state index in [1.165, 1.54) is 0 Å². The minimum absolute atomic E-state index is 0.170. The van der Waals surface area contributed by atoms with Gasteiger partial charge in [-0.25, -0.2) is 0 Å². The summed E-state index contributed by atoms with van der Waals surface area (Å²) in [7, 11) is 0. The fourth-order valence-electron chi connectivity index (χ4n) is 1.07. The Morgan fingerprint density at radius 2 is 2.00 bits per heavy atom. The van der Waals surface area contributed by atoms with Gasteiger partial charge in [0.1, 0.15) is 12.2 Å². The van der Waals surface area contributed by atoms with Crippen molar-refractivity contribution in [2.45, 2.75) is 24.4 Å². The van der Waals surface area contributed by atoms with Crippen LogP contribution in [0.3, 0.4) is 0 Å². The Morgan fingerprint density at radius 3 is 2.55 bits per heavy atom. The normalized spacial score (nSPS) is 45.8. The van der Waals surface area contributed by atoms with Crippen LogP contribution in [0.1, 0.15) is 0 Å². The minimum atomic E-state index is -1.08. The molecule has 0 saturated carbocycles. The second-order valence-corrected chi connectivity index (χ2v) is 2.70. The van der Waals surface area contributed by atoms with Crippen LogP contribution in [-0.2, 0) is 4.74 Å². The van der Waals surface area contributed by atoms with Gasteiger partial charge in [-0.3, -0.25) is 0 Å². The number of hydrogen-bond acceptors (Lipinski definition) is 5. The largest absolute Gasteiger partial charge is 0.394 e. The molecule has 66 valence electrons. The highest BCUT2D eigenvalue weighted by Crippen LogP contribution is 2.13. The van der Waals surface area contributed by atoms with Crippen LogP contribution < -0.4 is 5.73 Å². The summed E-state index contributed by atoms with van der Waals surface area (Å²) in [6.45, 7) is -0.131. The lowest BCUT2D eigenvalue weighted by Crippen LogP contribution is -2.57. The molecule has 0 aromatic rings. The Bertz CT molecular complexity index is 130. The lowest BCUT2D eigenvalue weighted by Gasteiger charge is -2.34. The van der Waals surface area contributed by atoms with E-state index in [-0.39, 0.29) is 13.2 Å². The summed E-state index contributed by atoms with van der Waals surface area (Å²) < 4.78 is 4.94. The third kappa shape index (κ3) is 1.69. The van der Waals surface area contributed by atoms with Crippen molar-refractivity contribution in [2.24, 2.45) is 5.73 Å². The Balaban J connectivity index is 2.52. The smallest absolute Gasteiger partial charge is 0.110 e. The third-order valence-electron chi connectivity index (χ3n) is 1.85. The average molecular weight is 163 g/mol. The van der Waals surface area contributed by atoms with Gasteiger partial charge in [-0.15, -0.1) is 0 Å². The molecular formula is C6H13NO4. The maximum absolute atomic E-state index is 9.19. The van der Waals surface area contributed by atoms with E-state index in [1.54, 1.807) is 0 Å². The van der Waals surface area contributed by atoms with Crippen LogP contribution in [0, 0.1) is 0 Å². The first-order valence-corrected chi connectivity index (χ1v) is 3.51. The topological polar surface area (TPSA) is 95.9 Å². The summed E-state index contributed by atoms with van der Waals surface area (Å²) in [5, 5.41) is 27.0. The van der Waals surface area contributed by atoms with E-state index in [9.17, 15) is 10.2 Å². The summed E-state index contributed by atoms with van der Waals surface area (Å²) in [5.74, 6) is 0. The number of hydrogen-bond donors (Lipinski definition) is 4. The number of nitrogens with two attached hydrogens (primary N) is 1. The third-order valence-corrected chi connectivity index (χ3v) is 1.85. The standard InChI is InChI=1S/C6H13NO4/c7-3-2-11-4(1-8)6(10)5(3)9/h3-6,8-10H,1-2,7H2/t3-,4-,5-,6+/m1/s1. The van der Waals surface area contributed by atoms with Crippen molar-refractivity contribution in [3.8, 4) is 0 Å². The molecule has 1 rings (SSSR count). The van der Waals surface area contributed by atoms with Crippen molar-refractivity contribution in [1.29, 1.82) is 0 Å². The molecule has 4 atom stereocenters. The Kier molecular flexibility index (Phi) is 2.80. The van der Waals surface area contributed by atoms with E-state index < -0.39 is 24.4 Å². The zero-order chi connectivity index (χ0) is 8.43. The fourth-order valence-corrected chi connectivity index (χ4v) is 1.07. The van der Waals surface area contributed by atoms with Gasteiger partial charge in [-0.1, -0.05) is 0 Å². The van der Waals surface area contributed by atoms with E-state index in [2.05, 4.69) is 0 Å². The minimum Gasteiger partial charge on any atom is -0.394 e. The molecule has 0 aliphatic carbocycles. The van der Waals surface area contributed by atoms with Crippen molar-refractivity contribution >= 4 is 0 Å². The van der Waals surface area contributed by atoms with E-state index >= 15 is 0 Å². The summed E-state index contributed by atoms with van der Waals surface area (Å²) >= 11 is 0. The molecule has 1 aliphatic heterocycles. The molecule has 0 spiro atoms. The van der Waals surface area contributed by atoms with Gasteiger partial charge >= 0.3 is 0 Å². The lowest BCUT2D eigenvalue weighted by molar-refractivity contribution is -0.156. The fraction of sp³-hybridized carbons (Fsp3) is 1.00. The van der Waals surface area contributed by atoms with E-state index in [1.807, 2.05) is 0 Å². The van der Waals surface area contributed by atoms with E-state index in [0.717, 1.165) is 0 Å². The quantitative estimate of drug-likeness (QED) is 0.340. The van der Waals surface area contributed by atoms with Crippen LogP contribution in [-0.4, -0.2) is 52.9 Å². The molecule has 5 nitrogen and oxygen atoms in total. The highest BCUT2D eigenvalue weighted by molar-refractivity contribution is 4.88. The Hall–Kier alpha value is -0.200. The second-order valence-electron chi connectivity index (χ2n) is 2.70. The molecule has 0 amide bonds. The molecule has 1 saturated heterocycles. The first-order chi connectivity index (χ1) is 5.16. The van der Waals surface area contributed by atoms with Crippen LogP contribution in [0.5, 0.6) is 0 Å². The van der Waals surface area contributed by atoms with Crippen molar-refractivity contribution < 1.29 is 20.1 Å². The van der Waals surface area contributed by atoms with Gasteiger partial charge in [0.05, 0.1) is 25.4 Å². The van der Waals surface area contributed by atoms with Crippen molar-refractivity contribution in [2.75, 3.05) is 13.2 Å². The number of ether oxygens (including phenoxy) is 1. The van der Waals surface area contributed by atoms with E-state index in [4.69, 9.17) is 15.6 Å². The van der Waals surface area contributed by atoms with Crippen LogP contribution in [0.2, 0.25) is 0 Å². The first-order valence-electron chi connectivity index (χ1n) is 3.51. The zero-order valence-corrected chi connectivity index (χ0v) is 6.05. The Morgan fingerprint density at radius 1 is 1.36 bits per heavy atom. The highest BCUT2D eigenvalue weighted by atomic mass is 16.5. The SMILES string of the molecule is N[C@@H]1CO[C@H](CO)[C@H](O)[C@@H]1O. The van der Waals surface area contributed by atoms with Gasteiger partial charge in [0, 0.05) is 0 Å². The molecule has 5 heteroatoms. The highest BCUT2D eigenvalue weighted by Gasteiger charge is 2.35. The molecule has 0 unspecified atom stereocenters. The van der Waals surface area contributed by atoms with Gasteiger partial charge in [-0.05, 0) is 0 Å². The zero-order valence-electron chi connectivity index (χ0n) is 6.05. The number of rotatable bonds is 1. The van der Waals surface area contributed by atoms with Crippen molar-refractivity contribution in [3.63, 3.8) is 0 Å². The summed E-state index contributed by atoms with van der Waals surface area (Å²) in [6, 6.07) is -0.562. The molecule has 0 radical (unpaired) electrons. The lowest BCUT2D eigenvalue weighted by atomic mass is 9.99. The first kappa shape index (κ1) is 8.89. The molecule has 0 aromatic carbocycles. The van der Waals surface area contributed by atoms with Gasteiger partial charge < -0.3 is 25.8 Å². The molecule has 0 aromatic heterocycles. The summed E-state index contributed by atoms with van der Waals surface area (Å²) in [4.78, 5) is 0. The molecule has 0 bridgehead atoms. The van der Waals surface area contributed by atoms with Gasteiger partial charge in [0.2, 0.25) is 0 Å². The summed E-state index contributed by atoms with van der Waals surface area (Å²) in [6.07, 6.45) is -2.78. The van der Waals surface area contributed by atoms with Gasteiger partial charge in [0.15, 0.2) is 0 Å². The molecule has 1 heterocycles. The van der Waals surface area contributed by atoms with Crippen LogP contribution in [0.4, 0.5) is 0 Å². The monoisotopic (exact) mass is 163 g/mol. The van der Waals surface area contributed by atoms with Gasteiger partial charge in [-0.2, -0.15) is 0 Å². The number of aliphatic hydroxyl groups excluding tert-OH is 3. The predicted molar refractivity (Wildman–Crippen MR) is 36.8 cm³/mol. The second kappa shape index (κ2) is 3.46.